The predicted octanol–water partition coefficient (Wildman–Crippen LogP) is 2.45. The Morgan fingerprint density at radius 1 is 1.24 bits per heavy atom. The molecule has 1 amide bonds. The Bertz CT molecular complexity index is 1280. The smallest absolute Gasteiger partial charge is 0.274 e. The number of halogens is 2. The largest absolute Gasteiger partial charge is 0.366 e. The third kappa shape index (κ3) is 4.52. The average molecular weight is 475 g/mol. The highest BCUT2D eigenvalue weighted by molar-refractivity contribution is 5.85. The van der Waals surface area contributed by atoms with Crippen molar-refractivity contribution in [1.29, 1.82) is 0 Å². The molecule has 1 atom stereocenters. The van der Waals surface area contributed by atoms with E-state index in [-0.39, 0.29) is 40.6 Å². The fraction of sp³-hybridized carbons (Fsp3) is 0.478. The van der Waals surface area contributed by atoms with Crippen molar-refractivity contribution in [2.45, 2.75) is 39.3 Å². The Morgan fingerprint density at radius 3 is 2.53 bits per heavy atom. The molecule has 1 aromatic carbocycles. The van der Waals surface area contributed by atoms with Crippen LogP contribution < -0.4 is 10.5 Å². The van der Waals surface area contributed by atoms with Crippen molar-refractivity contribution < 1.29 is 18.3 Å². The SMILES string of the molecule is CC1CN(C(=O)COC(C)(C)C)CCN1c1ncc(-c2c(F)cc3c(=O)n(C)[nH]c3c2F)cn1. The monoisotopic (exact) mass is 474 g/mol. The summed E-state index contributed by atoms with van der Waals surface area (Å²) in [7, 11) is 1.43. The minimum absolute atomic E-state index is 0.0234. The molecule has 0 bridgehead atoms. The zero-order chi connectivity index (χ0) is 24.8. The molecule has 3 aromatic rings. The highest BCUT2D eigenvalue weighted by atomic mass is 19.1. The van der Waals surface area contributed by atoms with Gasteiger partial charge in [-0.2, -0.15) is 0 Å². The van der Waals surface area contributed by atoms with Crippen LogP contribution >= 0.6 is 0 Å². The Kier molecular flexibility index (Phi) is 6.15. The van der Waals surface area contributed by atoms with Crippen LogP contribution in [-0.2, 0) is 16.6 Å². The van der Waals surface area contributed by atoms with Gasteiger partial charge in [-0.3, -0.25) is 19.4 Å². The lowest BCUT2D eigenvalue weighted by Crippen LogP contribution is -2.55. The van der Waals surface area contributed by atoms with Crippen molar-refractivity contribution in [2.24, 2.45) is 7.05 Å². The molecule has 0 radical (unpaired) electrons. The lowest BCUT2D eigenvalue weighted by molar-refractivity contribution is -0.141. The lowest BCUT2D eigenvalue weighted by Gasteiger charge is -2.40. The third-order valence-electron chi connectivity index (χ3n) is 5.83. The normalized spacial score (nSPS) is 17.0. The molecule has 1 unspecified atom stereocenters. The molecule has 3 heterocycles. The van der Waals surface area contributed by atoms with E-state index in [0.717, 1.165) is 10.7 Å². The van der Waals surface area contributed by atoms with Gasteiger partial charge in [0.15, 0.2) is 5.82 Å². The van der Waals surface area contributed by atoms with Gasteiger partial charge in [-0.1, -0.05) is 0 Å². The summed E-state index contributed by atoms with van der Waals surface area (Å²) in [5.41, 5.74) is -1.12. The maximum absolute atomic E-state index is 15.0. The van der Waals surface area contributed by atoms with Crippen molar-refractivity contribution in [3.05, 3.63) is 40.4 Å². The number of ether oxygens (including phenoxy) is 1. The zero-order valence-electron chi connectivity index (χ0n) is 19.9. The average Bonchev–Trinajstić information content (AvgIpc) is 3.06. The molecular weight excluding hydrogens is 446 g/mol. The molecule has 4 rings (SSSR count). The van der Waals surface area contributed by atoms with Gasteiger partial charge >= 0.3 is 0 Å². The molecule has 1 aliphatic rings. The number of fused-ring (bicyclic) bond motifs is 1. The van der Waals surface area contributed by atoms with Crippen molar-refractivity contribution in [2.75, 3.05) is 31.1 Å². The molecule has 1 aliphatic heterocycles. The summed E-state index contributed by atoms with van der Waals surface area (Å²) in [5, 5.41) is 2.54. The van der Waals surface area contributed by atoms with Crippen molar-refractivity contribution >= 4 is 22.8 Å². The van der Waals surface area contributed by atoms with E-state index in [1.54, 1.807) is 4.90 Å². The highest BCUT2D eigenvalue weighted by Gasteiger charge is 2.29. The van der Waals surface area contributed by atoms with Gasteiger partial charge < -0.3 is 14.5 Å². The molecule has 2 aromatic heterocycles. The highest BCUT2D eigenvalue weighted by Crippen LogP contribution is 2.30. The number of nitrogens with one attached hydrogen (secondary N) is 1. The molecule has 34 heavy (non-hydrogen) atoms. The van der Waals surface area contributed by atoms with Crippen LogP contribution in [0.5, 0.6) is 0 Å². The number of carbonyl (C=O) groups is 1. The number of aromatic amines is 1. The second kappa shape index (κ2) is 8.79. The van der Waals surface area contributed by atoms with Gasteiger partial charge in [-0.15, -0.1) is 0 Å². The Labute approximate surface area is 195 Å². The van der Waals surface area contributed by atoms with Gasteiger partial charge in [0.2, 0.25) is 11.9 Å². The summed E-state index contributed by atoms with van der Waals surface area (Å²) in [4.78, 5) is 36.8. The molecule has 9 nitrogen and oxygen atoms in total. The molecule has 1 N–H and O–H groups in total. The van der Waals surface area contributed by atoms with Crippen LogP contribution in [0.15, 0.2) is 23.3 Å². The number of hydrogen-bond acceptors (Lipinski definition) is 6. The number of nitrogens with zero attached hydrogens (tertiary/aromatic N) is 5. The summed E-state index contributed by atoms with van der Waals surface area (Å²) in [5.74, 6) is -1.40. The van der Waals surface area contributed by atoms with E-state index >= 15 is 4.39 Å². The number of aromatic nitrogens is 4. The van der Waals surface area contributed by atoms with Crippen LogP contribution in [0.2, 0.25) is 0 Å². The van der Waals surface area contributed by atoms with Gasteiger partial charge in [0.05, 0.1) is 16.6 Å². The van der Waals surface area contributed by atoms with E-state index in [9.17, 15) is 14.0 Å². The van der Waals surface area contributed by atoms with E-state index < -0.39 is 22.8 Å². The van der Waals surface area contributed by atoms with Crippen LogP contribution in [0.3, 0.4) is 0 Å². The second-order valence-electron chi connectivity index (χ2n) is 9.50. The van der Waals surface area contributed by atoms with Crippen LogP contribution in [-0.4, -0.2) is 68.4 Å². The summed E-state index contributed by atoms with van der Waals surface area (Å²) in [6.07, 6.45) is 2.72. The maximum atomic E-state index is 15.0. The molecular formula is C23H28F2N6O3. The maximum Gasteiger partial charge on any atom is 0.274 e. The summed E-state index contributed by atoms with van der Waals surface area (Å²) in [6, 6.07) is 0.958. The van der Waals surface area contributed by atoms with Crippen LogP contribution in [0.25, 0.3) is 22.0 Å². The first-order valence-corrected chi connectivity index (χ1v) is 11.0. The quantitative estimate of drug-likeness (QED) is 0.624. The summed E-state index contributed by atoms with van der Waals surface area (Å²) >= 11 is 0. The summed E-state index contributed by atoms with van der Waals surface area (Å²) < 4.78 is 36.4. The standard InChI is InChI=1S/C23H28F2N6O3/c1-13-11-30(17(32)12-34-23(2,3)4)6-7-31(13)22-26-9-14(10-27-22)18-16(24)8-15-20(19(18)25)28-29(5)21(15)33/h8-10,13,28H,6-7,11-12H2,1-5H3. The fourth-order valence-electron chi connectivity index (χ4n) is 4.01. The molecule has 1 fully saturated rings. The number of rotatable bonds is 4. The van der Waals surface area contributed by atoms with E-state index in [1.165, 1.54) is 19.4 Å². The summed E-state index contributed by atoms with van der Waals surface area (Å²) in [6.45, 7) is 9.17. The van der Waals surface area contributed by atoms with Crippen molar-refractivity contribution in [3.8, 4) is 11.1 Å². The van der Waals surface area contributed by atoms with E-state index in [4.69, 9.17) is 4.74 Å². The van der Waals surface area contributed by atoms with Gasteiger partial charge in [0, 0.05) is 50.7 Å². The second-order valence-corrected chi connectivity index (χ2v) is 9.50. The van der Waals surface area contributed by atoms with E-state index in [0.29, 0.717) is 25.6 Å². The Balaban J connectivity index is 1.51. The molecule has 0 aliphatic carbocycles. The van der Waals surface area contributed by atoms with E-state index in [2.05, 4.69) is 15.1 Å². The number of carbonyl (C=O) groups excluding carboxylic acids is 1. The molecule has 0 spiro atoms. The zero-order valence-corrected chi connectivity index (χ0v) is 19.9. The third-order valence-corrected chi connectivity index (χ3v) is 5.83. The van der Waals surface area contributed by atoms with Gasteiger partial charge in [0.25, 0.3) is 5.56 Å². The van der Waals surface area contributed by atoms with Crippen LogP contribution in [0.4, 0.5) is 14.7 Å². The van der Waals surface area contributed by atoms with Crippen LogP contribution in [0, 0.1) is 11.6 Å². The number of benzene rings is 1. The number of aryl methyl sites for hydroxylation is 1. The predicted molar refractivity (Wildman–Crippen MR) is 124 cm³/mol. The topological polar surface area (TPSA) is 96.4 Å². The number of amides is 1. The number of anilines is 1. The van der Waals surface area contributed by atoms with Gasteiger partial charge in [-0.25, -0.2) is 18.7 Å². The van der Waals surface area contributed by atoms with E-state index in [1.807, 2.05) is 32.6 Å². The molecule has 11 heteroatoms. The first kappa shape index (κ1) is 23.8. The number of piperazine rings is 1. The van der Waals surface area contributed by atoms with Crippen molar-refractivity contribution in [3.63, 3.8) is 0 Å². The fourth-order valence-corrected chi connectivity index (χ4v) is 4.01. The van der Waals surface area contributed by atoms with Crippen molar-refractivity contribution in [1.82, 2.24) is 24.6 Å². The molecule has 182 valence electrons. The van der Waals surface area contributed by atoms with Gasteiger partial charge in [0.1, 0.15) is 17.9 Å². The minimum Gasteiger partial charge on any atom is -0.366 e. The molecule has 1 saturated heterocycles. The minimum atomic E-state index is -0.873. The lowest BCUT2D eigenvalue weighted by atomic mass is 10.1. The first-order chi connectivity index (χ1) is 16.0. The van der Waals surface area contributed by atoms with Crippen LogP contribution in [0.1, 0.15) is 27.7 Å². The van der Waals surface area contributed by atoms with Gasteiger partial charge in [-0.05, 0) is 33.8 Å². The number of H-pyrrole nitrogens is 1. The Hall–Kier alpha value is -3.34. The number of hydrogen-bond donors (Lipinski definition) is 1. The first-order valence-electron chi connectivity index (χ1n) is 11.0. The Morgan fingerprint density at radius 2 is 1.91 bits per heavy atom. The molecule has 0 saturated carbocycles.